The van der Waals surface area contributed by atoms with Gasteiger partial charge in [0.05, 0.1) is 42.4 Å². The van der Waals surface area contributed by atoms with Gasteiger partial charge in [0.15, 0.2) is 27.1 Å². The maximum Gasteiger partial charge on any atom is 0.254 e. The molecule has 1 aliphatic rings. The molecule has 1 amide bonds. The maximum absolute atomic E-state index is 13.7. The van der Waals surface area contributed by atoms with Gasteiger partial charge in [0, 0.05) is 18.2 Å². The molecular formula is C26H33Cl2NO6S. The van der Waals surface area contributed by atoms with Crippen LogP contribution in [-0.4, -0.2) is 57.6 Å². The Morgan fingerprint density at radius 2 is 1.72 bits per heavy atom. The van der Waals surface area contributed by atoms with Crippen molar-refractivity contribution in [3.05, 3.63) is 51.5 Å². The number of sulfone groups is 1. The standard InChI is InChI=1S/C26H33Cl2NO6S/c1-4-5-6-7-11-35-25-21(27)14-19(15-22(25)28)26(30)29(20-10-12-36(31,32)17-20)16-18-8-9-23(33-2)24(13-18)34-3/h8-9,13-15,20H,4-7,10-12,16-17H2,1-3H3. The van der Waals surface area contributed by atoms with Gasteiger partial charge in [-0.15, -0.1) is 0 Å². The number of carbonyl (C=O) groups excluding carboxylic acids is 1. The van der Waals surface area contributed by atoms with E-state index in [1.54, 1.807) is 24.1 Å². The summed E-state index contributed by atoms with van der Waals surface area (Å²) in [7, 11) is -0.145. The molecule has 36 heavy (non-hydrogen) atoms. The highest BCUT2D eigenvalue weighted by atomic mass is 35.5. The van der Waals surface area contributed by atoms with Crippen molar-refractivity contribution >= 4 is 38.9 Å². The molecule has 2 aromatic rings. The highest BCUT2D eigenvalue weighted by Gasteiger charge is 2.35. The molecule has 0 saturated carbocycles. The van der Waals surface area contributed by atoms with Crippen LogP contribution in [0.4, 0.5) is 0 Å². The highest BCUT2D eigenvalue weighted by molar-refractivity contribution is 7.91. The Labute approximate surface area is 223 Å². The van der Waals surface area contributed by atoms with Crippen LogP contribution in [0.1, 0.15) is 54.9 Å². The number of methoxy groups -OCH3 is 2. The Morgan fingerprint density at radius 3 is 2.31 bits per heavy atom. The van der Waals surface area contributed by atoms with Crippen LogP contribution in [0.5, 0.6) is 17.2 Å². The Bertz CT molecular complexity index is 1150. The van der Waals surface area contributed by atoms with Crippen molar-refractivity contribution in [3.8, 4) is 17.2 Å². The topological polar surface area (TPSA) is 82.1 Å². The maximum atomic E-state index is 13.7. The second-order valence-electron chi connectivity index (χ2n) is 8.86. The fourth-order valence-corrected chi connectivity index (χ4v) is 6.58. The molecule has 0 bridgehead atoms. The summed E-state index contributed by atoms with van der Waals surface area (Å²) in [5.41, 5.74) is 1.04. The predicted molar refractivity (Wildman–Crippen MR) is 143 cm³/mol. The summed E-state index contributed by atoms with van der Waals surface area (Å²) in [5, 5.41) is 0.484. The molecule has 0 radical (unpaired) electrons. The molecule has 1 fully saturated rings. The molecule has 198 valence electrons. The minimum atomic E-state index is -3.22. The minimum Gasteiger partial charge on any atom is -0.493 e. The predicted octanol–water partition coefficient (Wildman–Crippen LogP) is 5.80. The molecule has 3 rings (SSSR count). The quantitative estimate of drug-likeness (QED) is 0.307. The summed E-state index contributed by atoms with van der Waals surface area (Å²) in [6, 6.07) is 7.94. The van der Waals surface area contributed by atoms with Crippen LogP contribution >= 0.6 is 23.2 Å². The third-order valence-electron chi connectivity index (χ3n) is 6.20. The van der Waals surface area contributed by atoms with Gasteiger partial charge >= 0.3 is 0 Å². The number of benzene rings is 2. The van der Waals surface area contributed by atoms with Crippen molar-refractivity contribution in [1.29, 1.82) is 0 Å². The molecule has 1 saturated heterocycles. The number of ether oxygens (including phenoxy) is 3. The Kier molecular flexibility index (Phi) is 10.2. The number of hydrogen-bond acceptors (Lipinski definition) is 6. The molecule has 0 aliphatic carbocycles. The van der Waals surface area contributed by atoms with Gasteiger partial charge < -0.3 is 19.1 Å². The van der Waals surface area contributed by atoms with Crippen LogP contribution in [0.15, 0.2) is 30.3 Å². The van der Waals surface area contributed by atoms with Crippen LogP contribution in [0.2, 0.25) is 10.0 Å². The molecular weight excluding hydrogens is 525 g/mol. The van der Waals surface area contributed by atoms with Gasteiger partial charge in [-0.3, -0.25) is 4.79 Å². The van der Waals surface area contributed by atoms with Crippen LogP contribution in [-0.2, 0) is 16.4 Å². The number of unbranched alkanes of at least 4 members (excludes halogenated alkanes) is 3. The monoisotopic (exact) mass is 557 g/mol. The molecule has 0 spiro atoms. The van der Waals surface area contributed by atoms with E-state index in [0.29, 0.717) is 30.3 Å². The largest absolute Gasteiger partial charge is 0.493 e. The van der Waals surface area contributed by atoms with E-state index in [1.807, 2.05) is 6.07 Å². The molecule has 0 aromatic heterocycles. The number of hydrogen-bond donors (Lipinski definition) is 0. The summed E-state index contributed by atoms with van der Waals surface area (Å²) in [5.74, 6) is 1.03. The first-order valence-electron chi connectivity index (χ1n) is 12.0. The Morgan fingerprint density at radius 1 is 1.03 bits per heavy atom. The summed E-state index contributed by atoms with van der Waals surface area (Å²) in [4.78, 5) is 15.3. The summed E-state index contributed by atoms with van der Waals surface area (Å²) < 4.78 is 40.9. The van der Waals surface area contributed by atoms with E-state index in [-0.39, 0.29) is 39.6 Å². The van der Waals surface area contributed by atoms with Gasteiger partial charge in [-0.1, -0.05) is 55.5 Å². The van der Waals surface area contributed by atoms with E-state index in [4.69, 9.17) is 37.4 Å². The van der Waals surface area contributed by atoms with E-state index in [1.165, 1.54) is 19.2 Å². The molecule has 7 nitrogen and oxygen atoms in total. The van der Waals surface area contributed by atoms with Crippen LogP contribution in [0, 0.1) is 0 Å². The lowest BCUT2D eigenvalue weighted by Gasteiger charge is -2.29. The third kappa shape index (κ3) is 7.20. The average Bonchev–Trinajstić information content (AvgIpc) is 3.22. The van der Waals surface area contributed by atoms with E-state index in [9.17, 15) is 13.2 Å². The lowest BCUT2D eigenvalue weighted by molar-refractivity contribution is 0.0680. The van der Waals surface area contributed by atoms with Crippen molar-refractivity contribution < 1.29 is 27.4 Å². The van der Waals surface area contributed by atoms with E-state index in [2.05, 4.69) is 6.92 Å². The normalized spacial score (nSPS) is 16.5. The van der Waals surface area contributed by atoms with Gasteiger partial charge in [0.25, 0.3) is 5.91 Å². The van der Waals surface area contributed by atoms with Gasteiger partial charge in [-0.2, -0.15) is 0 Å². The average molecular weight is 559 g/mol. The van der Waals surface area contributed by atoms with Crippen LogP contribution in [0.3, 0.4) is 0 Å². The smallest absolute Gasteiger partial charge is 0.254 e. The number of rotatable bonds is 12. The Balaban J connectivity index is 1.86. The van der Waals surface area contributed by atoms with E-state index < -0.39 is 15.9 Å². The number of nitrogens with zero attached hydrogens (tertiary/aromatic N) is 1. The van der Waals surface area contributed by atoms with Gasteiger partial charge in [0.2, 0.25) is 0 Å². The van der Waals surface area contributed by atoms with Gasteiger partial charge in [-0.25, -0.2) is 8.42 Å². The minimum absolute atomic E-state index is 0.0414. The van der Waals surface area contributed by atoms with Crippen LogP contribution < -0.4 is 14.2 Å². The van der Waals surface area contributed by atoms with Crippen LogP contribution in [0.25, 0.3) is 0 Å². The van der Waals surface area contributed by atoms with Crippen molar-refractivity contribution in [1.82, 2.24) is 4.90 Å². The lowest BCUT2D eigenvalue weighted by atomic mass is 10.1. The first kappa shape index (κ1) is 28.4. The first-order chi connectivity index (χ1) is 17.2. The zero-order valence-corrected chi connectivity index (χ0v) is 23.2. The molecule has 2 aromatic carbocycles. The SMILES string of the molecule is CCCCCCOc1c(Cl)cc(C(=O)N(Cc2ccc(OC)c(OC)c2)C2CCS(=O)(=O)C2)cc1Cl. The highest BCUT2D eigenvalue weighted by Crippen LogP contribution is 2.36. The molecule has 1 unspecified atom stereocenters. The first-order valence-corrected chi connectivity index (χ1v) is 14.6. The number of amides is 1. The zero-order valence-electron chi connectivity index (χ0n) is 20.9. The number of halogens is 2. The number of carbonyl (C=O) groups is 1. The van der Waals surface area contributed by atoms with E-state index >= 15 is 0 Å². The third-order valence-corrected chi connectivity index (χ3v) is 8.51. The fourth-order valence-electron chi connectivity index (χ4n) is 4.25. The van der Waals surface area contributed by atoms with E-state index in [0.717, 1.165) is 31.2 Å². The van der Waals surface area contributed by atoms with Gasteiger partial charge in [-0.05, 0) is 42.7 Å². The molecule has 1 aliphatic heterocycles. The van der Waals surface area contributed by atoms with Crippen molar-refractivity contribution in [2.24, 2.45) is 0 Å². The fraction of sp³-hybridized carbons (Fsp3) is 0.500. The summed E-state index contributed by atoms with van der Waals surface area (Å²) in [6.45, 7) is 2.81. The Hall–Kier alpha value is -2.16. The zero-order chi connectivity index (χ0) is 26.3. The molecule has 10 heteroatoms. The van der Waals surface area contributed by atoms with Crippen molar-refractivity contribution in [3.63, 3.8) is 0 Å². The summed E-state index contributed by atoms with van der Waals surface area (Å²) in [6.07, 6.45) is 4.56. The molecule has 1 heterocycles. The molecule has 1 atom stereocenters. The van der Waals surface area contributed by atoms with Crippen molar-refractivity contribution in [2.75, 3.05) is 32.3 Å². The van der Waals surface area contributed by atoms with Gasteiger partial charge in [0.1, 0.15) is 0 Å². The second kappa shape index (κ2) is 12.9. The second-order valence-corrected chi connectivity index (χ2v) is 11.9. The van der Waals surface area contributed by atoms with Crippen molar-refractivity contribution in [2.45, 2.75) is 51.6 Å². The summed E-state index contributed by atoms with van der Waals surface area (Å²) >= 11 is 12.9. The lowest BCUT2D eigenvalue weighted by Crippen LogP contribution is -2.40. The molecule has 0 N–H and O–H groups in total.